The molecule has 0 spiro atoms. The molecule has 0 aliphatic heterocycles. The van der Waals surface area contributed by atoms with Crippen molar-refractivity contribution in [1.29, 1.82) is 0 Å². The SMILES string of the molecule is Cc1ccc(-c2cc3nc(NC4CCC4)[nH]c(=O)c3s2)cc1. The van der Waals surface area contributed by atoms with Crippen molar-refractivity contribution in [3.63, 3.8) is 0 Å². The van der Waals surface area contributed by atoms with E-state index < -0.39 is 0 Å². The van der Waals surface area contributed by atoms with Gasteiger partial charge in [-0.2, -0.15) is 0 Å². The number of rotatable bonds is 3. The smallest absolute Gasteiger partial charge is 0.270 e. The largest absolute Gasteiger partial charge is 0.353 e. The van der Waals surface area contributed by atoms with Crippen LogP contribution in [-0.2, 0) is 0 Å². The molecule has 1 aliphatic carbocycles. The Labute approximate surface area is 132 Å². The molecule has 2 N–H and O–H groups in total. The first-order valence-corrected chi connectivity index (χ1v) is 8.38. The van der Waals surface area contributed by atoms with E-state index in [9.17, 15) is 4.79 Å². The average molecular weight is 311 g/mol. The van der Waals surface area contributed by atoms with Gasteiger partial charge in [-0.3, -0.25) is 9.78 Å². The summed E-state index contributed by atoms with van der Waals surface area (Å²) >= 11 is 1.50. The van der Waals surface area contributed by atoms with Crippen LogP contribution in [0.2, 0.25) is 0 Å². The summed E-state index contributed by atoms with van der Waals surface area (Å²) in [5, 5.41) is 3.31. The van der Waals surface area contributed by atoms with Gasteiger partial charge in [0.15, 0.2) is 0 Å². The number of hydrogen-bond donors (Lipinski definition) is 2. The van der Waals surface area contributed by atoms with E-state index in [1.54, 1.807) is 0 Å². The van der Waals surface area contributed by atoms with Crippen LogP contribution in [0.3, 0.4) is 0 Å². The van der Waals surface area contributed by atoms with Gasteiger partial charge in [0.1, 0.15) is 4.70 Å². The number of thiophene rings is 1. The van der Waals surface area contributed by atoms with Crippen LogP contribution in [-0.4, -0.2) is 16.0 Å². The lowest BCUT2D eigenvalue weighted by molar-refractivity contribution is 0.443. The summed E-state index contributed by atoms with van der Waals surface area (Å²) in [5.74, 6) is 0.593. The highest BCUT2D eigenvalue weighted by molar-refractivity contribution is 7.22. The molecule has 1 fully saturated rings. The van der Waals surface area contributed by atoms with Gasteiger partial charge in [0, 0.05) is 10.9 Å². The number of benzene rings is 1. The number of aromatic amines is 1. The standard InChI is InChI=1S/C17H17N3OS/c1-10-5-7-11(8-6-10)14-9-13-15(22-14)16(21)20-17(19-13)18-12-3-2-4-12/h5-9,12H,2-4H2,1H3,(H2,18,19,20,21). The Morgan fingerprint density at radius 1 is 1.27 bits per heavy atom. The molecule has 0 amide bonds. The minimum absolute atomic E-state index is 0.0600. The third-order valence-corrected chi connectivity index (χ3v) is 5.34. The number of hydrogen-bond acceptors (Lipinski definition) is 4. The third-order valence-electron chi connectivity index (χ3n) is 4.16. The lowest BCUT2D eigenvalue weighted by Crippen LogP contribution is -2.29. The van der Waals surface area contributed by atoms with Crippen LogP contribution in [0, 0.1) is 6.92 Å². The molecule has 5 heteroatoms. The van der Waals surface area contributed by atoms with E-state index in [4.69, 9.17) is 0 Å². The fourth-order valence-corrected chi connectivity index (χ4v) is 3.61. The molecule has 22 heavy (non-hydrogen) atoms. The Hall–Kier alpha value is -2.14. The number of aryl methyl sites for hydroxylation is 1. The summed E-state index contributed by atoms with van der Waals surface area (Å²) < 4.78 is 0.690. The molecule has 0 radical (unpaired) electrons. The van der Waals surface area contributed by atoms with E-state index in [1.165, 1.54) is 23.3 Å². The Kier molecular flexibility index (Phi) is 3.22. The molecule has 0 unspecified atom stereocenters. The van der Waals surface area contributed by atoms with Gasteiger partial charge in [0.2, 0.25) is 5.95 Å². The highest BCUT2D eigenvalue weighted by Gasteiger charge is 2.18. The number of fused-ring (bicyclic) bond motifs is 1. The first-order valence-electron chi connectivity index (χ1n) is 7.56. The van der Waals surface area contributed by atoms with Crippen LogP contribution < -0.4 is 10.9 Å². The highest BCUT2D eigenvalue weighted by atomic mass is 32.1. The monoisotopic (exact) mass is 311 g/mol. The predicted octanol–water partition coefficient (Wildman–Crippen LogP) is 3.92. The minimum Gasteiger partial charge on any atom is -0.353 e. The molecule has 1 aromatic carbocycles. The lowest BCUT2D eigenvalue weighted by Gasteiger charge is -2.26. The summed E-state index contributed by atoms with van der Waals surface area (Å²) in [4.78, 5) is 20.8. The zero-order chi connectivity index (χ0) is 15.1. The van der Waals surface area contributed by atoms with Crippen molar-refractivity contribution in [2.45, 2.75) is 32.2 Å². The number of nitrogens with zero attached hydrogens (tertiary/aromatic N) is 1. The Balaban J connectivity index is 1.74. The van der Waals surface area contributed by atoms with E-state index in [0.717, 1.165) is 28.8 Å². The zero-order valence-corrected chi connectivity index (χ0v) is 13.2. The van der Waals surface area contributed by atoms with Gasteiger partial charge in [-0.05, 0) is 37.8 Å². The molecule has 3 aromatic rings. The maximum atomic E-state index is 12.3. The molecule has 0 bridgehead atoms. The fraction of sp³-hybridized carbons (Fsp3) is 0.294. The first-order chi connectivity index (χ1) is 10.7. The molecule has 1 aliphatic rings. The van der Waals surface area contributed by atoms with E-state index in [1.807, 2.05) is 6.07 Å². The number of aromatic nitrogens is 2. The van der Waals surface area contributed by atoms with Crippen LogP contribution in [0.15, 0.2) is 35.1 Å². The Morgan fingerprint density at radius 3 is 2.73 bits per heavy atom. The third kappa shape index (κ3) is 2.41. The van der Waals surface area contributed by atoms with E-state index in [-0.39, 0.29) is 5.56 Å². The van der Waals surface area contributed by atoms with Crippen molar-refractivity contribution in [2.75, 3.05) is 5.32 Å². The van der Waals surface area contributed by atoms with E-state index >= 15 is 0 Å². The minimum atomic E-state index is -0.0600. The van der Waals surface area contributed by atoms with E-state index in [0.29, 0.717) is 16.7 Å². The second kappa shape index (κ2) is 5.25. The molecule has 112 valence electrons. The Bertz CT molecular complexity index is 875. The van der Waals surface area contributed by atoms with Gasteiger partial charge in [-0.25, -0.2) is 4.98 Å². The fourth-order valence-electron chi connectivity index (χ4n) is 2.61. The molecule has 4 rings (SSSR count). The van der Waals surface area contributed by atoms with Crippen molar-refractivity contribution in [2.24, 2.45) is 0 Å². The van der Waals surface area contributed by atoms with Crippen LogP contribution >= 0.6 is 11.3 Å². The summed E-state index contributed by atoms with van der Waals surface area (Å²) in [6.45, 7) is 2.07. The molecular weight excluding hydrogens is 294 g/mol. The average Bonchev–Trinajstić information content (AvgIpc) is 2.88. The molecule has 0 saturated heterocycles. The van der Waals surface area contributed by atoms with Crippen LogP contribution in [0.4, 0.5) is 5.95 Å². The molecule has 2 aromatic heterocycles. The van der Waals surface area contributed by atoms with Crippen LogP contribution in [0.5, 0.6) is 0 Å². The molecular formula is C17H17N3OS. The summed E-state index contributed by atoms with van der Waals surface area (Å²) in [6, 6.07) is 10.8. The molecule has 2 heterocycles. The number of nitrogens with one attached hydrogen (secondary N) is 2. The predicted molar refractivity (Wildman–Crippen MR) is 91.7 cm³/mol. The number of anilines is 1. The normalized spacial score (nSPS) is 15.0. The summed E-state index contributed by atoms with van der Waals surface area (Å²) in [6.07, 6.45) is 3.56. The Morgan fingerprint density at radius 2 is 2.05 bits per heavy atom. The van der Waals surface area contributed by atoms with Crippen LogP contribution in [0.25, 0.3) is 20.7 Å². The van der Waals surface area contributed by atoms with Crippen LogP contribution in [0.1, 0.15) is 24.8 Å². The second-order valence-corrected chi connectivity index (χ2v) is 6.93. The topological polar surface area (TPSA) is 57.8 Å². The molecule has 0 atom stereocenters. The van der Waals surface area contributed by atoms with Gasteiger partial charge in [0.05, 0.1) is 5.52 Å². The maximum Gasteiger partial charge on any atom is 0.270 e. The molecule has 1 saturated carbocycles. The number of H-pyrrole nitrogens is 1. The lowest BCUT2D eigenvalue weighted by atomic mass is 9.93. The first kappa shape index (κ1) is 13.5. The second-order valence-electron chi connectivity index (χ2n) is 5.88. The van der Waals surface area contributed by atoms with Gasteiger partial charge < -0.3 is 5.32 Å². The van der Waals surface area contributed by atoms with Crippen molar-refractivity contribution < 1.29 is 0 Å². The van der Waals surface area contributed by atoms with Gasteiger partial charge >= 0.3 is 0 Å². The van der Waals surface area contributed by atoms with Gasteiger partial charge in [-0.15, -0.1) is 11.3 Å². The molecule has 4 nitrogen and oxygen atoms in total. The van der Waals surface area contributed by atoms with Crippen molar-refractivity contribution in [3.05, 3.63) is 46.2 Å². The quantitative estimate of drug-likeness (QED) is 0.770. The van der Waals surface area contributed by atoms with Crippen molar-refractivity contribution in [1.82, 2.24) is 9.97 Å². The van der Waals surface area contributed by atoms with Gasteiger partial charge in [-0.1, -0.05) is 29.8 Å². The van der Waals surface area contributed by atoms with Gasteiger partial charge in [0.25, 0.3) is 5.56 Å². The maximum absolute atomic E-state index is 12.3. The highest BCUT2D eigenvalue weighted by Crippen LogP contribution is 2.31. The zero-order valence-electron chi connectivity index (χ0n) is 12.3. The summed E-state index contributed by atoms with van der Waals surface area (Å²) in [7, 11) is 0. The van der Waals surface area contributed by atoms with Crippen molar-refractivity contribution in [3.8, 4) is 10.4 Å². The summed E-state index contributed by atoms with van der Waals surface area (Å²) in [5.41, 5.74) is 3.07. The van der Waals surface area contributed by atoms with Crippen molar-refractivity contribution >= 4 is 27.5 Å². The van der Waals surface area contributed by atoms with E-state index in [2.05, 4.69) is 46.5 Å².